The van der Waals surface area contributed by atoms with Crippen molar-refractivity contribution in [2.45, 2.75) is 77.4 Å². The number of nitrogens with zero attached hydrogens (tertiary/aromatic N) is 1. The number of allylic oxidation sites excluding steroid dienone is 3. The summed E-state index contributed by atoms with van der Waals surface area (Å²) >= 11 is 0. The monoisotopic (exact) mass is 522 g/mol. The minimum absolute atomic E-state index is 0.0581. The molecule has 3 aromatic rings. The van der Waals surface area contributed by atoms with E-state index in [1.165, 1.54) is 36.0 Å². The number of Topliss-reactive ketones (excluding diaryl/α,β-unsaturated/α-hetero) is 1. The molecule has 1 aromatic heterocycles. The molecule has 0 amide bonds. The van der Waals surface area contributed by atoms with Gasteiger partial charge in [0.25, 0.3) is 0 Å². The molecule has 3 unspecified atom stereocenters. The number of para-hydroxylation sites is 1. The van der Waals surface area contributed by atoms with Gasteiger partial charge in [0.15, 0.2) is 5.78 Å². The van der Waals surface area contributed by atoms with Crippen LogP contribution in [0.2, 0.25) is 0 Å². The number of hydrogen-bond donors (Lipinski definition) is 1. The molecule has 0 bridgehead atoms. The standard InChI is InChI=1S/C34H38N2O3/c1-3-5-12-22(4-2)21-38-32-20-28(35-34(36-32)25-15-8-10-17-29(25)37)27-19-31-33(24-14-7-6-13-23(24)27)26-16-9-11-18-30(26)39-31/h6-9,11,13-16,18,22,27,32,36H,3-5,10,12,17,19-21H2,1-2H3. The van der Waals surface area contributed by atoms with Crippen LogP contribution in [0, 0.1) is 5.92 Å². The second kappa shape index (κ2) is 11.4. The maximum Gasteiger partial charge on any atom is 0.166 e. The van der Waals surface area contributed by atoms with Crippen molar-refractivity contribution in [2.75, 3.05) is 6.61 Å². The van der Waals surface area contributed by atoms with Crippen LogP contribution < -0.4 is 5.32 Å². The number of fused-ring (bicyclic) bond motifs is 5. The van der Waals surface area contributed by atoms with E-state index in [0.29, 0.717) is 36.8 Å². The molecule has 2 heterocycles. The summed E-state index contributed by atoms with van der Waals surface area (Å²) in [5.74, 6) is 2.39. The Morgan fingerprint density at radius 1 is 1.10 bits per heavy atom. The van der Waals surface area contributed by atoms with Gasteiger partial charge >= 0.3 is 0 Å². The highest BCUT2D eigenvalue weighted by Crippen LogP contribution is 2.46. The molecular weight excluding hydrogens is 484 g/mol. The van der Waals surface area contributed by atoms with Crippen molar-refractivity contribution in [3.63, 3.8) is 0 Å². The number of rotatable bonds is 8. The number of nitrogens with one attached hydrogen (secondary N) is 1. The van der Waals surface area contributed by atoms with Crippen LogP contribution in [0.1, 0.15) is 76.0 Å². The van der Waals surface area contributed by atoms with Gasteiger partial charge in [-0.15, -0.1) is 0 Å². The highest BCUT2D eigenvalue weighted by molar-refractivity contribution is 6.03. The van der Waals surface area contributed by atoms with Crippen molar-refractivity contribution in [1.82, 2.24) is 5.32 Å². The predicted octanol–water partition coefficient (Wildman–Crippen LogP) is 7.86. The van der Waals surface area contributed by atoms with Crippen LogP contribution >= 0.6 is 0 Å². The largest absolute Gasteiger partial charge is 0.460 e. The normalized spacial score (nSPS) is 23.2. The fraction of sp³-hybridized carbons (Fsp3) is 0.412. The molecule has 39 heavy (non-hydrogen) atoms. The van der Waals surface area contributed by atoms with E-state index < -0.39 is 0 Å². The van der Waals surface area contributed by atoms with Crippen LogP contribution in [0.25, 0.3) is 22.1 Å². The highest BCUT2D eigenvalue weighted by atomic mass is 16.5. The molecule has 2 aliphatic carbocycles. The second-order valence-corrected chi connectivity index (χ2v) is 11.1. The molecule has 0 radical (unpaired) electrons. The van der Waals surface area contributed by atoms with E-state index in [0.717, 1.165) is 41.7 Å². The molecule has 3 atom stereocenters. The minimum Gasteiger partial charge on any atom is -0.460 e. The molecule has 1 N–H and O–H groups in total. The van der Waals surface area contributed by atoms with Gasteiger partial charge in [0.2, 0.25) is 0 Å². The Morgan fingerprint density at radius 2 is 1.95 bits per heavy atom. The number of aliphatic imine (C=N–C) groups is 1. The lowest BCUT2D eigenvalue weighted by Gasteiger charge is -2.33. The quantitative estimate of drug-likeness (QED) is 0.306. The zero-order chi connectivity index (χ0) is 26.8. The van der Waals surface area contributed by atoms with Gasteiger partial charge in [-0.1, -0.05) is 87.7 Å². The van der Waals surface area contributed by atoms with Crippen molar-refractivity contribution in [1.29, 1.82) is 0 Å². The van der Waals surface area contributed by atoms with Gasteiger partial charge in [0, 0.05) is 41.8 Å². The Kier molecular flexibility index (Phi) is 7.51. The summed E-state index contributed by atoms with van der Waals surface area (Å²) in [5, 5.41) is 4.65. The molecule has 6 rings (SSSR count). The Labute approximate surface area is 231 Å². The Bertz CT molecular complexity index is 1460. The number of benzene rings is 2. The summed E-state index contributed by atoms with van der Waals surface area (Å²) in [5.41, 5.74) is 6.31. The first-order chi connectivity index (χ1) is 19.2. The number of ketones is 1. The number of carbonyl (C=O) groups is 1. The molecule has 5 nitrogen and oxygen atoms in total. The average molecular weight is 523 g/mol. The van der Waals surface area contributed by atoms with Crippen LogP contribution in [0.5, 0.6) is 0 Å². The van der Waals surface area contributed by atoms with E-state index >= 15 is 0 Å². The van der Waals surface area contributed by atoms with Crippen molar-refractivity contribution >= 4 is 22.5 Å². The number of ether oxygens (including phenoxy) is 1. The van der Waals surface area contributed by atoms with E-state index in [9.17, 15) is 4.79 Å². The van der Waals surface area contributed by atoms with E-state index in [4.69, 9.17) is 14.1 Å². The topological polar surface area (TPSA) is 63.8 Å². The van der Waals surface area contributed by atoms with Gasteiger partial charge in [0.05, 0.1) is 12.2 Å². The van der Waals surface area contributed by atoms with Gasteiger partial charge in [-0.25, -0.2) is 4.99 Å². The van der Waals surface area contributed by atoms with E-state index in [1.807, 2.05) is 18.2 Å². The summed E-state index contributed by atoms with van der Waals surface area (Å²) in [7, 11) is 0. The molecule has 0 saturated carbocycles. The van der Waals surface area contributed by atoms with Gasteiger partial charge in [0.1, 0.15) is 23.4 Å². The van der Waals surface area contributed by atoms with Crippen molar-refractivity contribution in [3.05, 3.63) is 83.4 Å². The third-order valence-electron chi connectivity index (χ3n) is 8.47. The first-order valence-electron chi connectivity index (χ1n) is 14.7. The van der Waals surface area contributed by atoms with Gasteiger partial charge in [-0.2, -0.15) is 0 Å². The Morgan fingerprint density at radius 3 is 2.79 bits per heavy atom. The van der Waals surface area contributed by atoms with Gasteiger partial charge in [-0.05, 0) is 36.0 Å². The smallest absolute Gasteiger partial charge is 0.166 e. The zero-order valence-electron chi connectivity index (χ0n) is 23.0. The van der Waals surface area contributed by atoms with Crippen molar-refractivity contribution in [2.24, 2.45) is 10.9 Å². The Balaban J connectivity index is 1.37. The van der Waals surface area contributed by atoms with E-state index in [2.05, 4.69) is 61.6 Å². The molecule has 2 aromatic carbocycles. The van der Waals surface area contributed by atoms with Gasteiger partial charge < -0.3 is 14.5 Å². The highest BCUT2D eigenvalue weighted by Gasteiger charge is 2.35. The van der Waals surface area contributed by atoms with Crippen LogP contribution in [0.4, 0.5) is 0 Å². The molecule has 1 aliphatic heterocycles. The van der Waals surface area contributed by atoms with E-state index in [-0.39, 0.29) is 17.9 Å². The number of unbranched alkanes of at least 4 members (excludes halogenated alkanes) is 1. The lowest BCUT2D eigenvalue weighted by atomic mass is 9.77. The van der Waals surface area contributed by atoms with Gasteiger partial charge in [-0.3, -0.25) is 4.79 Å². The third kappa shape index (κ3) is 5.12. The van der Waals surface area contributed by atoms with E-state index in [1.54, 1.807) is 0 Å². The third-order valence-corrected chi connectivity index (χ3v) is 8.47. The van der Waals surface area contributed by atoms with Crippen LogP contribution in [0.3, 0.4) is 0 Å². The molecule has 0 spiro atoms. The number of hydrogen-bond acceptors (Lipinski definition) is 5. The molecule has 202 valence electrons. The molecule has 5 heteroatoms. The number of furan rings is 1. The maximum atomic E-state index is 12.9. The molecular formula is C34H38N2O3. The summed E-state index contributed by atoms with van der Waals surface area (Å²) in [6, 6.07) is 16.9. The van der Waals surface area contributed by atoms with Crippen molar-refractivity contribution < 1.29 is 13.9 Å². The SMILES string of the molecule is CCCCC(CC)COC1CC(C2Cc3oc4ccccc4c3-c3ccccc32)=NC(=C2C=CCCC2=O)N1. The summed E-state index contributed by atoms with van der Waals surface area (Å²) in [6.45, 7) is 5.19. The van der Waals surface area contributed by atoms with Crippen LogP contribution in [0.15, 0.2) is 81.5 Å². The first-order valence-corrected chi connectivity index (χ1v) is 14.7. The minimum atomic E-state index is -0.219. The summed E-state index contributed by atoms with van der Waals surface area (Å²) < 4.78 is 12.9. The summed E-state index contributed by atoms with van der Waals surface area (Å²) in [4.78, 5) is 18.0. The summed E-state index contributed by atoms with van der Waals surface area (Å²) in [6.07, 6.45) is 11.2. The number of carbonyl (C=O) groups excluding carboxylic acids is 1. The lowest BCUT2D eigenvalue weighted by molar-refractivity contribution is -0.115. The fourth-order valence-corrected chi connectivity index (χ4v) is 6.23. The molecule has 0 saturated heterocycles. The van der Waals surface area contributed by atoms with Crippen molar-refractivity contribution in [3.8, 4) is 11.1 Å². The zero-order valence-corrected chi connectivity index (χ0v) is 23.0. The Hall–Kier alpha value is -3.44. The molecule has 0 fully saturated rings. The predicted molar refractivity (Wildman–Crippen MR) is 157 cm³/mol. The van der Waals surface area contributed by atoms with Crippen LogP contribution in [-0.2, 0) is 16.0 Å². The average Bonchev–Trinajstić information content (AvgIpc) is 3.36. The fourth-order valence-electron chi connectivity index (χ4n) is 6.23. The maximum absolute atomic E-state index is 12.9. The molecule has 3 aliphatic rings. The second-order valence-electron chi connectivity index (χ2n) is 11.1. The first kappa shape index (κ1) is 25.8. The van der Waals surface area contributed by atoms with Crippen LogP contribution in [-0.4, -0.2) is 24.3 Å². The lowest BCUT2D eigenvalue weighted by Crippen LogP contribution is -2.41.